The molecule has 1 aliphatic carbocycles. The number of carbonyl (C=O) groups excluding carboxylic acids is 4. The quantitative estimate of drug-likeness (QED) is 0.00958. The molecule has 27 N–H and O–H groups in total. The lowest BCUT2D eigenvalue weighted by Gasteiger charge is -2.22. The summed E-state index contributed by atoms with van der Waals surface area (Å²) in [6.45, 7) is 24.3. The zero-order valence-corrected chi connectivity index (χ0v) is 68.7. The molecule has 0 radical (unpaired) electrons. The number of nitrogens with two attached hydrogens (primary N) is 13. The van der Waals surface area contributed by atoms with Gasteiger partial charge in [-0.25, -0.2) is 19.2 Å². The Hall–Kier alpha value is -6.80. The molecule has 1 fully saturated rings. The van der Waals surface area contributed by atoms with Crippen molar-refractivity contribution in [3.05, 3.63) is 119 Å². The Morgan fingerprint density at radius 1 is 0.336 bits per heavy atom. The van der Waals surface area contributed by atoms with Gasteiger partial charge in [0.1, 0.15) is 0 Å². The van der Waals surface area contributed by atoms with Crippen LogP contribution in [0.3, 0.4) is 0 Å². The van der Waals surface area contributed by atoms with Crippen molar-refractivity contribution in [3.63, 3.8) is 0 Å². The molecule has 0 aliphatic heterocycles. The molecule has 4 aromatic rings. The number of hydrogen-bond acceptors (Lipinski definition) is 31. The van der Waals surface area contributed by atoms with E-state index < -0.39 is 11.9 Å². The molecule has 1 saturated carbocycles. The van der Waals surface area contributed by atoms with Gasteiger partial charge in [0.25, 0.3) is 0 Å². The van der Waals surface area contributed by atoms with Gasteiger partial charge in [-0.15, -0.1) is 0 Å². The molecule has 31 nitrogen and oxygen atoms in total. The molecule has 31 heteroatoms. The average molecular weight is 1600 g/mol. The van der Waals surface area contributed by atoms with E-state index in [0.29, 0.717) is 196 Å². The predicted molar refractivity (Wildman–Crippen MR) is 452 cm³/mol. The lowest BCUT2D eigenvalue weighted by atomic mass is 9.95. The summed E-state index contributed by atoms with van der Waals surface area (Å²) in [6, 6.07) is 27.3. The van der Waals surface area contributed by atoms with Crippen LogP contribution < -0.4 is 79.9 Å². The summed E-state index contributed by atoms with van der Waals surface area (Å²) < 4.78 is 68.3. The molecule has 5 rings (SSSR count). The molecule has 4 aromatic carbocycles. The minimum atomic E-state index is -0.395. The van der Waals surface area contributed by atoms with Gasteiger partial charge in [0, 0.05) is 107 Å². The smallest absolute Gasteiger partial charge is 0.338 e. The number of anilines is 4. The van der Waals surface area contributed by atoms with Gasteiger partial charge in [-0.1, -0.05) is 19.3 Å². The van der Waals surface area contributed by atoms with E-state index >= 15 is 0 Å². The topological polar surface area (TPSA) is 539 Å². The molecular formula is C82H150N14O17. The van der Waals surface area contributed by atoms with Crippen LogP contribution in [0.2, 0.25) is 0 Å². The second-order valence-electron chi connectivity index (χ2n) is 26.2. The fourth-order valence-corrected chi connectivity index (χ4v) is 9.10. The van der Waals surface area contributed by atoms with Crippen LogP contribution in [-0.4, -0.2) is 239 Å². The molecule has 3 unspecified atom stereocenters. The third kappa shape index (κ3) is 72.6. The largest absolute Gasteiger partial charge is 0.462 e. The molecule has 3 atom stereocenters. The summed E-state index contributed by atoms with van der Waals surface area (Å²) in [5.74, 6) is -1.49. The number of benzene rings is 4. The third-order valence-electron chi connectivity index (χ3n) is 15.5. The number of hydrogen-bond donors (Lipinski definition) is 14. The van der Waals surface area contributed by atoms with E-state index in [-0.39, 0.29) is 43.4 Å². The zero-order chi connectivity index (χ0) is 83.7. The maximum Gasteiger partial charge on any atom is 0.338 e. The number of unbranched alkanes of at least 4 members (excludes halogenated alkanes) is 3. The van der Waals surface area contributed by atoms with E-state index in [1.54, 1.807) is 97.1 Å². The summed E-state index contributed by atoms with van der Waals surface area (Å²) in [6.07, 6.45) is 18.2. The Morgan fingerprint density at radius 2 is 0.619 bits per heavy atom. The van der Waals surface area contributed by atoms with E-state index in [4.69, 9.17) is 136 Å². The van der Waals surface area contributed by atoms with Crippen LogP contribution in [0.4, 0.5) is 22.7 Å². The van der Waals surface area contributed by atoms with Crippen molar-refractivity contribution >= 4 is 46.6 Å². The van der Waals surface area contributed by atoms with Crippen molar-refractivity contribution in [2.75, 3.05) is 214 Å². The number of esters is 4. The van der Waals surface area contributed by atoms with E-state index in [1.165, 1.54) is 32.1 Å². The summed E-state index contributed by atoms with van der Waals surface area (Å²) >= 11 is 0. The van der Waals surface area contributed by atoms with Crippen molar-refractivity contribution in [2.24, 2.45) is 51.6 Å². The molecule has 0 amide bonds. The van der Waals surface area contributed by atoms with Crippen LogP contribution in [0.15, 0.2) is 97.1 Å². The van der Waals surface area contributed by atoms with Crippen molar-refractivity contribution in [1.82, 2.24) is 5.32 Å². The Bertz CT molecular complexity index is 2640. The molecule has 1 aliphatic rings. The van der Waals surface area contributed by atoms with Crippen molar-refractivity contribution in [1.29, 1.82) is 0 Å². The van der Waals surface area contributed by atoms with E-state index in [1.807, 2.05) is 20.8 Å². The lowest BCUT2D eigenvalue weighted by molar-refractivity contribution is 0.0143. The van der Waals surface area contributed by atoms with Crippen molar-refractivity contribution in [2.45, 2.75) is 161 Å². The number of rotatable bonds is 57. The van der Waals surface area contributed by atoms with E-state index in [0.717, 1.165) is 116 Å². The highest BCUT2D eigenvalue weighted by molar-refractivity contribution is 5.91. The fourth-order valence-electron chi connectivity index (χ4n) is 9.10. The first-order valence-electron chi connectivity index (χ1n) is 40.3. The van der Waals surface area contributed by atoms with Crippen molar-refractivity contribution < 1.29 is 80.8 Å². The first-order valence-corrected chi connectivity index (χ1v) is 40.3. The predicted octanol–water partition coefficient (Wildman–Crippen LogP) is 6.60. The lowest BCUT2D eigenvalue weighted by Crippen LogP contribution is -2.32. The van der Waals surface area contributed by atoms with Gasteiger partial charge >= 0.3 is 23.9 Å². The first-order chi connectivity index (χ1) is 54.8. The van der Waals surface area contributed by atoms with E-state index in [2.05, 4.69) is 5.32 Å². The highest BCUT2D eigenvalue weighted by atomic mass is 16.6. The average Bonchev–Trinajstić information content (AvgIpc) is 0.761. The Labute approximate surface area is 675 Å². The normalized spacial score (nSPS) is 12.3. The molecular weight excluding hydrogens is 1450 g/mol. The second-order valence-corrected chi connectivity index (χ2v) is 26.2. The monoisotopic (exact) mass is 1600 g/mol. The van der Waals surface area contributed by atoms with Crippen LogP contribution in [0, 0.1) is 0 Å². The van der Waals surface area contributed by atoms with Crippen LogP contribution in [0.1, 0.15) is 178 Å². The molecule has 113 heavy (non-hydrogen) atoms. The SMILES string of the molecule is CC(CCCOCCCCOC(=O)c1ccc(N)cc1)OC(=O)c1ccc(N)cc1.CC(N)COC(C)CN.NCCCNC1CCCCC1.NCCCOCCCCOCCCN.NCCCOCCOCCOCCCN.NCCOCCOCCN.Nc1ccc(C(=O)OCCCCOC(=O)c2ccc(N)cc2)cc1. The molecule has 650 valence electrons. The van der Waals surface area contributed by atoms with Crippen molar-refractivity contribution in [3.8, 4) is 0 Å². The maximum absolute atomic E-state index is 12.0. The Balaban J connectivity index is 0. The summed E-state index contributed by atoms with van der Waals surface area (Å²) in [7, 11) is 0. The van der Waals surface area contributed by atoms with Gasteiger partial charge in [-0.2, -0.15) is 0 Å². The minimum Gasteiger partial charge on any atom is -0.462 e. The van der Waals surface area contributed by atoms with Gasteiger partial charge in [-0.05, 0) is 253 Å². The highest BCUT2D eigenvalue weighted by Gasteiger charge is 2.14. The number of ether oxygens (including phenoxy) is 13. The third-order valence-corrected chi connectivity index (χ3v) is 15.5. The van der Waals surface area contributed by atoms with Crippen LogP contribution >= 0.6 is 0 Å². The van der Waals surface area contributed by atoms with Crippen LogP contribution in [0.25, 0.3) is 0 Å². The van der Waals surface area contributed by atoms with Gasteiger partial charge in [0.05, 0.1) is 114 Å². The van der Waals surface area contributed by atoms with Gasteiger partial charge in [0.2, 0.25) is 0 Å². The fraction of sp³-hybridized carbons (Fsp3) is 0.659. The molecule has 0 saturated heterocycles. The second kappa shape index (κ2) is 81.8. The molecule has 0 aromatic heterocycles. The van der Waals surface area contributed by atoms with Gasteiger partial charge in [0.15, 0.2) is 0 Å². The highest BCUT2D eigenvalue weighted by Crippen LogP contribution is 2.18. The number of carbonyl (C=O) groups is 4. The van der Waals surface area contributed by atoms with Gasteiger partial charge < -0.3 is 141 Å². The summed E-state index contributed by atoms with van der Waals surface area (Å²) in [4.78, 5) is 47.4. The number of nitrogens with one attached hydrogen (secondary N) is 1. The maximum atomic E-state index is 12.0. The zero-order valence-electron chi connectivity index (χ0n) is 68.7. The van der Waals surface area contributed by atoms with Crippen LogP contribution in [-0.2, 0) is 61.6 Å². The number of nitrogen functional groups attached to an aromatic ring is 4. The van der Waals surface area contributed by atoms with E-state index in [9.17, 15) is 19.2 Å². The Kier molecular flexibility index (Phi) is 78.3. The summed E-state index contributed by atoms with van der Waals surface area (Å²) in [5, 5.41) is 3.54. The minimum absolute atomic E-state index is 0.110. The Morgan fingerprint density at radius 3 is 0.929 bits per heavy atom. The standard InChI is InChI=1S/C23H30N2O5.C18H20N2O4.C10H24N2O3.C10H24N2O2.C9H20N2.C6H16N2O2.C6H16N2O/c1-17(30-23(27)19-8-12-21(25)13-9-19)5-4-15-28-14-2-3-16-29-22(26)18-6-10-20(24)11-7-18;19-15-7-3-13(4-8-15)17(21)23-11-1-2-12-24-18(22)14-5-9-16(20)10-6-14;11-3-1-5-13-7-9-15-10-8-14-6-2-4-12;11-5-3-9-13-7-1-2-8-14-10-4-6-12;10-7-4-8-11-9-5-2-1-3-6-9;7-1-3-9-5-6-10-4-2-8;1-5(8)4-9-6(2)3-7/h6-13,17H,2-5,14-16,24-25H2,1H3;3-10H,1-2,11-12,19-20H2;1-12H2;1-12H2;9,11H,1-8,10H2;1-8H2;5-6H,3-4,7-8H2,1-2H3. The molecule has 0 spiro atoms. The van der Waals surface area contributed by atoms with Gasteiger partial charge in [-0.3, -0.25) is 0 Å². The summed E-state index contributed by atoms with van der Waals surface area (Å²) in [5.41, 5.74) is 74.4. The van der Waals surface area contributed by atoms with Crippen LogP contribution in [0.5, 0.6) is 0 Å². The first kappa shape index (κ1) is 108. The molecule has 0 heterocycles. The molecule has 0 bridgehead atoms.